The van der Waals surface area contributed by atoms with Gasteiger partial charge < -0.3 is 14.4 Å². The fraction of sp³-hybridized carbons (Fsp3) is 0.824. The molecule has 0 radical (unpaired) electrons. The maximum absolute atomic E-state index is 12.5. The lowest BCUT2D eigenvalue weighted by atomic mass is 9.91. The summed E-state index contributed by atoms with van der Waals surface area (Å²) in [6.07, 6.45) is 8.59. The lowest BCUT2D eigenvalue weighted by Gasteiger charge is -2.36. The van der Waals surface area contributed by atoms with Gasteiger partial charge in [0.1, 0.15) is 5.60 Å². The Kier molecular flexibility index (Phi) is 8.45. The number of carbonyl (C=O) groups is 1. The lowest BCUT2D eigenvalue weighted by molar-refractivity contribution is 0.00305. The first-order chi connectivity index (χ1) is 11.4. The van der Waals surface area contributed by atoms with Crippen molar-refractivity contribution < 1.29 is 14.3 Å². The maximum atomic E-state index is 12.5. The molecule has 0 unspecified atom stereocenters. The molecule has 1 fully saturated rings. The molecule has 1 aliphatic carbocycles. The van der Waals surface area contributed by atoms with Gasteiger partial charge in [0.05, 0.1) is 13.2 Å². The van der Waals surface area contributed by atoms with E-state index in [2.05, 4.69) is 15.9 Å². The zero-order valence-corrected chi connectivity index (χ0v) is 14.9. The van der Waals surface area contributed by atoms with Crippen LogP contribution >= 0.6 is 0 Å². The largest absolute Gasteiger partial charge is 0.444 e. The SMILES string of the molecule is C#CCCOCCN(C(=O)OC(C)(C)C)C1CCC(N=[N+]=[N-])CC1. The topological polar surface area (TPSA) is 87.5 Å². The molecule has 134 valence electrons. The normalized spacial score (nSPS) is 20.6. The highest BCUT2D eigenvalue weighted by molar-refractivity contribution is 5.68. The van der Waals surface area contributed by atoms with E-state index in [1.165, 1.54) is 0 Å². The molecule has 0 aromatic rings. The molecule has 7 heteroatoms. The van der Waals surface area contributed by atoms with Gasteiger partial charge in [-0.05, 0) is 52.0 Å². The number of azide groups is 1. The number of ether oxygens (including phenoxy) is 2. The molecule has 0 aromatic heterocycles. The van der Waals surface area contributed by atoms with Gasteiger partial charge in [-0.1, -0.05) is 5.11 Å². The van der Waals surface area contributed by atoms with Gasteiger partial charge in [-0.2, -0.15) is 0 Å². The molecule has 0 saturated heterocycles. The van der Waals surface area contributed by atoms with Crippen molar-refractivity contribution >= 4 is 6.09 Å². The van der Waals surface area contributed by atoms with Crippen LogP contribution in [0.3, 0.4) is 0 Å². The van der Waals surface area contributed by atoms with Gasteiger partial charge in [0.15, 0.2) is 0 Å². The van der Waals surface area contributed by atoms with Gasteiger partial charge in [0.25, 0.3) is 0 Å². The van der Waals surface area contributed by atoms with E-state index >= 15 is 0 Å². The molecule has 1 rings (SSSR count). The minimum Gasteiger partial charge on any atom is -0.444 e. The first kappa shape index (κ1) is 20.1. The number of hydrogen-bond donors (Lipinski definition) is 0. The Labute approximate surface area is 144 Å². The molecule has 7 nitrogen and oxygen atoms in total. The highest BCUT2D eigenvalue weighted by atomic mass is 16.6. The van der Waals surface area contributed by atoms with E-state index in [-0.39, 0.29) is 18.2 Å². The van der Waals surface area contributed by atoms with Crippen molar-refractivity contribution in [3.05, 3.63) is 10.4 Å². The fourth-order valence-corrected chi connectivity index (χ4v) is 2.70. The van der Waals surface area contributed by atoms with Crippen LogP contribution in [-0.4, -0.2) is 48.4 Å². The quantitative estimate of drug-likeness (QED) is 0.232. The summed E-state index contributed by atoms with van der Waals surface area (Å²) in [4.78, 5) is 17.1. The predicted octanol–water partition coefficient (Wildman–Crippen LogP) is 3.88. The highest BCUT2D eigenvalue weighted by Crippen LogP contribution is 2.26. The van der Waals surface area contributed by atoms with Crippen LogP contribution in [0.2, 0.25) is 0 Å². The fourth-order valence-electron chi connectivity index (χ4n) is 2.70. The number of amides is 1. The summed E-state index contributed by atoms with van der Waals surface area (Å²) >= 11 is 0. The molecule has 0 spiro atoms. The Morgan fingerprint density at radius 2 is 2.00 bits per heavy atom. The van der Waals surface area contributed by atoms with Gasteiger partial charge in [0, 0.05) is 30.0 Å². The van der Waals surface area contributed by atoms with Crippen molar-refractivity contribution in [3.63, 3.8) is 0 Å². The molecule has 0 aromatic carbocycles. The van der Waals surface area contributed by atoms with Crippen molar-refractivity contribution in [2.75, 3.05) is 19.8 Å². The van der Waals surface area contributed by atoms with Crippen LogP contribution in [0.15, 0.2) is 5.11 Å². The van der Waals surface area contributed by atoms with Crippen LogP contribution in [0.4, 0.5) is 4.79 Å². The highest BCUT2D eigenvalue weighted by Gasteiger charge is 2.31. The average Bonchev–Trinajstić information content (AvgIpc) is 2.50. The Morgan fingerprint density at radius 3 is 2.54 bits per heavy atom. The standard InChI is InChI=1S/C17H28N4O3/c1-5-6-12-23-13-11-21(16(22)24-17(2,3)4)15-9-7-14(8-10-15)19-20-18/h1,14-15H,6-13H2,2-4H3. The molecule has 1 saturated carbocycles. The van der Waals surface area contributed by atoms with Crippen LogP contribution in [-0.2, 0) is 9.47 Å². The zero-order chi connectivity index (χ0) is 18.0. The third kappa shape index (κ3) is 7.58. The lowest BCUT2D eigenvalue weighted by Crippen LogP contribution is -2.46. The van der Waals surface area contributed by atoms with Crippen LogP contribution in [0.25, 0.3) is 10.4 Å². The smallest absolute Gasteiger partial charge is 0.410 e. The second-order valence-electron chi connectivity index (χ2n) is 6.91. The van der Waals surface area contributed by atoms with E-state index in [1.54, 1.807) is 4.90 Å². The molecule has 0 heterocycles. The van der Waals surface area contributed by atoms with E-state index in [9.17, 15) is 4.79 Å². The molecule has 1 amide bonds. The summed E-state index contributed by atoms with van der Waals surface area (Å²) in [5, 5.41) is 3.78. The average molecular weight is 336 g/mol. The second kappa shape index (κ2) is 10.1. The Morgan fingerprint density at radius 1 is 1.33 bits per heavy atom. The Bertz CT molecular complexity index is 481. The van der Waals surface area contributed by atoms with Crippen LogP contribution < -0.4 is 0 Å². The number of rotatable bonds is 7. The molecule has 0 N–H and O–H groups in total. The third-order valence-electron chi connectivity index (χ3n) is 3.82. The third-order valence-corrected chi connectivity index (χ3v) is 3.82. The Balaban J connectivity index is 2.61. The van der Waals surface area contributed by atoms with Gasteiger partial charge >= 0.3 is 6.09 Å². The monoisotopic (exact) mass is 336 g/mol. The van der Waals surface area contributed by atoms with Crippen molar-refractivity contribution in [3.8, 4) is 12.3 Å². The van der Waals surface area contributed by atoms with Crippen molar-refractivity contribution in [2.24, 2.45) is 5.11 Å². The van der Waals surface area contributed by atoms with Crippen LogP contribution in [0.1, 0.15) is 52.9 Å². The van der Waals surface area contributed by atoms with Crippen molar-refractivity contribution in [2.45, 2.75) is 70.6 Å². The molecule has 1 aliphatic rings. The maximum Gasteiger partial charge on any atom is 0.410 e. The van der Waals surface area contributed by atoms with Crippen molar-refractivity contribution in [1.29, 1.82) is 0 Å². The first-order valence-corrected chi connectivity index (χ1v) is 8.42. The van der Waals surface area contributed by atoms with Crippen molar-refractivity contribution in [1.82, 2.24) is 4.90 Å². The number of nitrogens with zero attached hydrogens (tertiary/aromatic N) is 4. The number of hydrogen-bond acceptors (Lipinski definition) is 4. The van der Waals surface area contributed by atoms with Gasteiger partial charge in [0.2, 0.25) is 0 Å². The Hall–Kier alpha value is -1.90. The summed E-state index contributed by atoms with van der Waals surface area (Å²) in [7, 11) is 0. The molecule has 0 atom stereocenters. The van der Waals surface area contributed by atoms with Crippen LogP contribution in [0.5, 0.6) is 0 Å². The van der Waals surface area contributed by atoms with E-state index in [0.29, 0.717) is 26.2 Å². The summed E-state index contributed by atoms with van der Waals surface area (Å²) < 4.78 is 11.0. The summed E-state index contributed by atoms with van der Waals surface area (Å²) in [6, 6.07) is 0.111. The van der Waals surface area contributed by atoms with Crippen LogP contribution in [0, 0.1) is 12.3 Å². The number of carbonyl (C=O) groups excluding carboxylic acids is 1. The van der Waals surface area contributed by atoms with Gasteiger partial charge in [-0.3, -0.25) is 0 Å². The molecule has 0 bridgehead atoms. The minimum absolute atomic E-state index is 0.0265. The van der Waals surface area contributed by atoms with E-state index in [0.717, 1.165) is 25.7 Å². The number of terminal acetylenes is 1. The molecular weight excluding hydrogens is 308 g/mol. The van der Waals surface area contributed by atoms with E-state index in [1.807, 2.05) is 20.8 Å². The zero-order valence-electron chi connectivity index (χ0n) is 14.9. The van der Waals surface area contributed by atoms with E-state index < -0.39 is 5.60 Å². The predicted molar refractivity (Wildman–Crippen MR) is 92.4 cm³/mol. The summed E-state index contributed by atoms with van der Waals surface area (Å²) in [5.41, 5.74) is 8.00. The molecule has 0 aliphatic heterocycles. The van der Waals surface area contributed by atoms with Gasteiger partial charge in [-0.25, -0.2) is 4.79 Å². The molecular formula is C17H28N4O3. The van der Waals surface area contributed by atoms with E-state index in [4.69, 9.17) is 21.4 Å². The second-order valence-corrected chi connectivity index (χ2v) is 6.91. The molecule has 24 heavy (non-hydrogen) atoms. The van der Waals surface area contributed by atoms with Gasteiger partial charge in [-0.15, -0.1) is 12.3 Å². The minimum atomic E-state index is -0.540. The summed E-state index contributed by atoms with van der Waals surface area (Å²) in [5.74, 6) is 2.52. The first-order valence-electron chi connectivity index (χ1n) is 8.42. The summed E-state index contributed by atoms with van der Waals surface area (Å²) in [6.45, 7) is 6.94.